The highest BCUT2D eigenvalue weighted by atomic mass is 19.1. The molecule has 8 nitrogen and oxygen atoms in total. The fourth-order valence-electron chi connectivity index (χ4n) is 5.24. The largest absolute Gasteiger partial charge is 0.368 e. The van der Waals surface area contributed by atoms with Crippen molar-refractivity contribution in [2.45, 2.75) is 26.2 Å². The fraction of sp³-hybridized carbons (Fsp3) is 0.300. The molecule has 6 rings (SSSR count). The number of hydrogen-bond acceptors (Lipinski definition) is 6. The van der Waals surface area contributed by atoms with Crippen LogP contribution in [0.2, 0.25) is 0 Å². The summed E-state index contributed by atoms with van der Waals surface area (Å²) in [4.78, 5) is 17.1. The van der Waals surface area contributed by atoms with E-state index in [1.807, 2.05) is 18.3 Å². The van der Waals surface area contributed by atoms with Gasteiger partial charge in [-0.05, 0) is 55.8 Å². The number of halogens is 1. The fourth-order valence-corrected chi connectivity index (χ4v) is 5.24. The van der Waals surface area contributed by atoms with Crippen molar-refractivity contribution in [2.75, 3.05) is 43.4 Å². The molecule has 0 unspecified atom stereocenters. The van der Waals surface area contributed by atoms with Crippen molar-refractivity contribution in [3.05, 3.63) is 67.0 Å². The predicted molar refractivity (Wildman–Crippen MR) is 156 cm³/mol. The van der Waals surface area contributed by atoms with Crippen LogP contribution in [0.4, 0.5) is 15.8 Å². The molecule has 1 fully saturated rings. The van der Waals surface area contributed by atoms with E-state index in [1.54, 1.807) is 12.4 Å². The van der Waals surface area contributed by atoms with Crippen LogP contribution in [0.15, 0.2) is 61.2 Å². The second kappa shape index (κ2) is 10.5. The number of nitrogens with zero attached hydrogens (tertiary/aromatic N) is 5. The maximum Gasteiger partial charge on any atom is 0.151 e. The van der Waals surface area contributed by atoms with E-state index in [-0.39, 0.29) is 5.82 Å². The number of H-pyrrole nitrogens is 2. The maximum atomic E-state index is 15.3. The molecule has 0 aliphatic carbocycles. The number of aromatic amines is 2. The summed E-state index contributed by atoms with van der Waals surface area (Å²) in [5, 5.41) is 12.4. The lowest BCUT2D eigenvalue weighted by atomic mass is 10.0. The molecule has 0 amide bonds. The van der Waals surface area contributed by atoms with Gasteiger partial charge in [0.2, 0.25) is 0 Å². The van der Waals surface area contributed by atoms with Crippen LogP contribution in [0.1, 0.15) is 26.2 Å². The van der Waals surface area contributed by atoms with Crippen molar-refractivity contribution in [1.29, 1.82) is 0 Å². The van der Waals surface area contributed by atoms with Gasteiger partial charge in [0.25, 0.3) is 0 Å². The van der Waals surface area contributed by atoms with Gasteiger partial charge in [-0.1, -0.05) is 19.9 Å². The Morgan fingerprint density at radius 2 is 1.92 bits per heavy atom. The summed E-state index contributed by atoms with van der Waals surface area (Å²) in [5.41, 5.74) is 7.11. The molecule has 39 heavy (non-hydrogen) atoms. The maximum absolute atomic E-state index is 15.3. The topological polar surface area (TPSA) is 88.8 Å². The highest BCUT2D eigenvalue weighted by Crippen LogP contribution is 2.35. The number of unbranched alkanes of at least 4 members (excludes halogenated alkanes) is 1. The molecule has 9 heteroatoms. The Morgan fingerprint density at radius 1 is 1.08 bits per heavy atom. The van der Waals surface area contributed by atoms with Crippen molar-refractivity contribution in [2.24, 2.45) is 0 Å². The van der Waals surface area contributed by atoms with Gasteiger partial charge in [-0.2, -0.15) is 5.10 Å². The van der Waals surface area contributed by atoms with Crippen LogP contribution >= 0.6 is 0 Å². The minimum absolute atomic E-state index is 0.301. The molecular formula is C30H33FN8. The molecule has 0 atom stereocenters. The zero-order valence-corrected chi connectivity index (χ0v) is 22.4. The predicted octanol–water partition coefficient (Wildman–Crippen LogP) is 6.17. The van der Waals surface area contributed by atoms with Crippen LogP contribution < -0.4 is 10.2 Å². The van der Waals surface area contributed by atoms with Gasteiger partial charge in [0.05, 0.1) is 23.3 Å². The minimum Gasteiger partial charge on any atom is -0.368 e. The highest BCUT2D eigenvalue weighted by molar-refractivity contribution is 6.00. The number of likely N-dealkylation sites (N-methyl/N-ethyl adjacent to an activating group) is 1. The molecule has 1 aliphatic rings. The van der Waals surface area contributed by atoms with E-state index < -0.39 is 0 Å². The second-order valence-corrected chi connectivity index (χ2v) is 10.3. The third-order valence-corrected chi connectivity index (χ3v) is 7.46. The average molecular weight is 525 g/mol. The molecule has 1 aromatic carbocycles. The first-order valence-electron chi connectivity index (χ1n) is 13.5. The van der Waals surface area contributed by atoms with Crippen LogP contribution in [0.5, 0.6) is 0 Å². The number of fused-ring (bicyclic) bond motifs is 2. The molecule has 1 aliphatic heterocycles. The van der Waals surface area contributed by atoms with E-state index in [4.69, 9.17) is 0 Å². The molecule has 0 radical (unpaired) electrons. The second-order valence-electron chi connectivity index (χ2n) is 10.3. The van der Waals surface area contributed by atoms with Crippen LogP contribution in [0, 0.1) is 5.82 Å². The molecule has 3 N–H and O–H groups in total. The number of aromatic nitrogens is 5. The average Bonchev–Trinajstić information content (AvgIpc) is 3.57. The van der Waals surface area contributed by atoms with E-state index >= 15 is 4.39 Å². The molecule has 200 valence electrons. The molecule has 1 saturated heterocycles. The Labute approximate surface area is 227 Å². The van der Waals surface area contributed by atoms with Gasteiger partial charge in [0.1, 0.15) is 11.2 Å². The normalized spacial score (nSPS) is 14.4. The monoisotopic (exact) mass is 524 g/mol. The van der Waals surface area contributed by atoms with Crippen LogP contribution in [-0.2, 0) is 0 Å². The summed E-state index contributed by atoms with van der Waals surface area (Å²) in [6.07, 6.45) is 8.42. The van der Waals surface area contributed by atoms with Gasteiger partial charge in [-0.15, -0.1) is 0 Å². The smallest absolute Gasteiger partial charge is 0.151 e. The van der Waals surface area contributed by atoms with Gasteiger partial charge in [0, 0.05) is 66.3 Å². The number of piperazine rings is 1. The summed E-state index contributed by atoms with van der Waals surface area (Å²) >= 11 is 0. The van der Waals surface area contributed by atoms with Gasteiger partial charge in [-0.3, -0.25) is 10.1 Å². The van der Waals surface area contributed by atoms with Crippen molar-refractivity contribution in [1.82, 2.24) is 30.0 Å². The third kappa shape index (κ3) is 4.97. The lowest BCUT2D eigenvalue weighted by molar-refractivity contribution is 0.313. The zero-order valence-electron chi connectivity index (χ0n) is 22.4. The number of benzene rings is 1. The van der Waals surface area contributed by atoms with Crippen molar-refractivity contribution >= 4 is 33.3 Å². The number of hydrogen-bond donors (Lipinski definition) is 3. The number of rotatable bonds is 8. The van der Waals surface area contributed by atoms with Gasteiger partial charge >= 0.3 is 0 Å². The van der Waals surface area contributed by atoms with E-state index in [0.29, 0.717) is 10.9 Å². The molecule has 5 heterocycles. The summed E-state index contributed by atoms with van der Waals surface area (Å²) in [5.74, 6) is -0.386. The Morgan fingerprint density at radius 3 is 2.74 bits per heavy atom. The lowest BCUT2D eigenvalue weighted by Crippen LogP contribution is -2.44. The summed E-state index contributed by atoms with van der Waals surface area (Å²) in [6, 6.07) is 9.60. The SMILES string of the molecule is C=C(CCCC)Nc1cncc(-c2cc(F)c3n[nH]c(-c4cc5c(N6CCN(C)CC6)ccnc5[nH]4)c3c2)c1. The Bertz CT molecular complexity index is 1640. The summed E-state index contributed by atoms with van der Waals surface area (Å²) < 4.78 is 15.3. The Balaban J connectivity index is 1.36. The van der Waals surface area contributed by atoms with E-state index in [0.717, 1.165) is 96.1 Å². The molecule has 5 aromatic rings. The van der Waals surface area contributed by atoms with E-state index in [2.05, 4.69) is 72.9 Å². The molecule has 0 saturated carbocycles. The van der Waals surface area contributed by atoms with Crippen molar-refractivity contribution in [3.8, 4) is 22.5 Å². The first-order valence-corrected chi connectivity index (χ1v) is 13.5. The number of anilines is 2. The third-order valence-electron chi connectivity index (χ3n) is 7.46. The van der Waals surface area contributed by atoms with Crippen LogP contribution in [0.3, 0.4) is 0 Å². The van der Waals surface area contributed by atoms with Gasteiger partial charge in [-0.25, -0.2) is 9.37 Å². The number of pyridine rings is 2. The summed E-state index contributed by atoms with van der Waals surface area (Å²) in [6.45, 7) is 10.2. The molecular weight excluding hydrogens is 491 g/mol. The molecule has 0 bridgehead atoms. The highest BCUT2D eigenvalue weighted by Gasteiger charge is 2.20. The first-order chi connectivity index (χ1) is 19.0. The zero-order chi connectivity index (χ0) is 26.9. The van der Waals surface area contributed by atoms with Gasteiger partial charge in [0.15, 0.2) is 5.82 Å². The number of allylic oxidation sites excluding steroid dienone is 1. The number of nitrogens with one attached hydrogen (secondary N) is 3. The molecule has 4 aromatic heterocycles. The standard InChI is InChI=1S/C30H33FN8/c1-4-5-6-19(2)34-22-13-21(17-32-18-22)20-14-24-28(25(31)15-20)36-37-29(24)26-16-23-27(7-8-33-30(23)35-26)39-11-9-38(3)10-12-39/h7-8,13-18,34H,2,4-6,9-12H2,1,3H3,(H,33,35)(H,36,37). The first kappa shape index (κ1) is 25.1. The van der Waals surface area contributed by atoms with Crippen LogP contribution in [0.25, 0.3) is 44.5 Å². The van der Waals surface area contributed by atoms with Crippen molar-refractivity contribution in [3.63, 3.8) is 0 Å². The lowest BCUT2D eigenvalue weighted by Gasteiger charge is -2.34. The summed E-state index contributed by atoms with van der Waals surface area (Å²) in [7, 11) is 2.15. The van der Waals surface area contributed by atoms with Gasteiger partial charge < -0.3 is 20.1 Å². The Kier molecular flexibility index (Phi) is 6.74. The molecule has 0 spiro atoms. The van der Waals surface area contributed by atoms with E-state index in [1.165, 1.54) is 6.07 Å². The van der Waals surface area contributed by atoms with Crippen molar-refractivity contribution < 1.29 is 4.39 Å². The Hall–Kier alpha value is -4.24. The van der Waals surface area contributed by atoms with Crippen LogP contribution in [-0.4, -0.2) is 63.3 Å². The van der Waals surface area contributed by atoms with E-state index in [9.17, 15) is 0 Å². The quantitative estimate of drug-likeness (QED) is 0.225. The minimum atomic E-state index is -0.386.